The number of thiazole rings is 1. The van der Waals surface area contributed by atoms with Crippen molar-refractivity contribution in [1.82, 2.24) is 14.2 Å². The number of likely N-dealkylation sites (tertiary alicyclic amines) is 1. The monoisotopic (exact) mass is 379 g/mol. The first-order valence-corrected chi connectivity index (χ1v) is 10.6. The van der Waals surface area contributed by atoms with Gasteiger partial charge in [-0.1, -0.05) is 18.2 Å². The van der Waals surface area contributed by atoms with Gasteiger partial charge in [0, 0.05) is 38.3 Å². The molecule has 1 saturated heterocycles. The number of sulfonamides is 1. The zero-order valence-electron chi connectivity index (χ0n) is 14.1. The number of nitrogens with zero attached hydrogens (tertiary/aromatic N) is 3. The highest BCUT2D eigenvalue weighted by Crippen LogP contribution is 2.49. The number of aromatic nitrogens is 1. The van der Waals surface area contributed by atoms with Crippen LogP contribution in [0.2, 0.25) is 0 Å². The summed E-state index contributed by atoms with van der Waals surface area (Å²) in [6, 6.07) is 7.42. The highest BCUT2D eigenvalue weighted by molar-refractivity contribution is 7.89. The second kappa shape index (κ2) is 6.44. The number of fused-ring (bicyclic) bond motifs is 2. The number of hydrogen-bond acceptors (Lipinski definition) is 6. The average molecular weight is 380 g/mol. The lowest BCUT2D eigenvalue weighted by molar-refractivity contribution is 0.129. The topological polar surface area (TPSA) is 62.7 Å². The van der Waals surface area contributed by atoms with Gasteiger partial charge in [0.1, 0.15) is 5.01 Å². The van der Waals surface area contributed by atoms with Crippen molar-refractivity contribution in [1.29, 1.82) is 0 Å². The molecule has 2 aliphatic heterocycles. The minimum absolute atomic E-state index is 0.374. The standard InChI is InChI=1S/C17H21N3O3S2/c1-23-10-9-20-17(14-4-2-3-5-15(14)25(20,21)22)6-8-19(13-17)12-16-18-7-11-24-16/h2-5,7,11H,6,8-10,12-13H2,1H3/t17-/m0/s1. The summed E-state index contributed by atoms with van der Waals surface area (Å²) >= 11 is 1.64. The van der Waals surface area contributed by atoms with Crippen LogP contribution in [0.5, 0.6) is 0 Å². The molecule has 0 unspecified atom stereocenters. The third kappa shape index (κ3) is 2.72. The number of methoxy groups -OCH3 is 1. The number of rotatable bonds is 5. The molecule has 1 atom stereocenters. The second-order valence-corrected chi connectivity index (χ2v) is 9.29. The molecule has 4 rings (SSSR count). The molecule has 1 spiro atoms. The van der Waals surface area contributed by atoms with Crippen molar-refractivity contribution < 1.29 is 13.2 Å². The summed E-state index contributed by atoms with van der Waals surface area (Å²) in [6.07, 6.45) is 2.60. The maximum atomic E-state index is 13.1. The predicted octanol–water partition coefficient (Wildman–Crippen LogP) is 1.89. The molecule has 3 heterocycles. The van der Waals surface area contributed by atoms with Gasteiger partial charge in [-0.2, -0.15) is 4.31 Å². The molecule has 2 aromatic rings. The van der Waals surface area contributed by atoms with E-state index in [0.717, 1.165) is 30.1 Å². The zero-order chi connectivity index (χ0) is 17.5. The lowest BCUT2D eigenvalue weighted by Gasteiger charge is -2.34. The number of hydrogen-bond donors (Lipinski definition) is 0. The number of benzene rings is 1. The SMILES string of the molecule is COCCN1[C@]2(CCN(Cc3nccs3)C2)c2ccccc2S1(=O)=O. The molecule has 0 bridgehead atoms. The summed E-state index contributed by atoms with van der Waals surface area (Å²) in [4.78, 5) is 7.11. The molecule has 8 heteroatoms. The van der Waals surface area contributed by atoms with Crippen molar-refractivity contribution in [3.05, 3.63) is 46.4 Å². The van der Waals surface area contributed by atoms with E-state index in [9.17, 15) is 8.42 Å². The molecule has 1 aromatic heterocycles. The van der Waals surface area contributed by atoms with E-state index >= 15 is 0 Å². The Balaban J connectivity index is 1.70. The van der Waals surface area contributed by atoms with Crippen molar-refractivity contribution in [2.45, 2.75) is 23.4 Å². The van der Waals surface area contributed by atoms with E-state index in [1.54, 1.807) is 34.9 Å². The van der Waals surface area contributed by atoms with Crippen molar-refractivity contribution in [3.8, 4) is 0 Å². The van der Waals surface area contributed by atoms with E-state index in [2.05, 4.69) is 9.88 Å². The summed E-state index contributed by atoms with van der Waals surface area (Å²) in [6.45, 7) is 3.07. The Bertz CT molecular complexity index is 854. The summed E-state index contributed by atoms with van der Waals surface area (Å²) in [5, 5.41) is 3.04. The maximum Gasteiger partial charge on any atom is 0.244 e. The molecular formula is C17H21N3O3S2. The van der Waals surface area contributed by atoms with Crippen LogP contribution in [0.15, 0.2) is 40.7 Å². The van der Waals surface area contributed by atoms with Gasteiger partial charge < -0.3 is 4.74 Å². The molecule has 0 amide bonds. The van der Waals surface area contributed by atoms with E-state index in [1.165, 1.54) is 0 Å². The minimum atomic E-state index is -3.48. The van der Waals surface area contributed by atoms with E-state index in [4.69, 9.17) is 4.74 Å². The fourth-order valence-electron chi connectivity index (χ4n) is 4.02. The van der Waals surface area contributed by atoms with E-state index in [1.807, 2.05) is 23.7 Å². The fourth-order valence-corrected chi connectivity index (χ4v) is 6.72. The predicted molar refractivity (Wildman–Crippen MR) is 95.9 cm³/mol. The highest BCUT2D eigenvalue weighted by Gasteiger charge is 2.56. The first-order valence-electron chi connectivity index (χ1n) is 8.30. The number of ether oxygens (including phenoxy) is 1. The Morgan fingerprint density at radius 1 is 1.36 bits per heavy atom. The summed E-state index contributed by atoms with van der Waals surface area (Å²) < 4.78 is 33.1. The van der Waals surface area contributed by atoms with Crippen LogP contribution in [0.25, 0.3) is 0 Å². The van der Waals surface area contributed by atoms with Gasteiger partial charge in [-0.05, 0) is 18.1 Å². The third-order valence-corrected chi connectivity index (χ3v) is 7.89. The van der Waals surface area contributed by atoms with Crippen molar-refractivity contribution in [2.24, 2.45) is 0 Å². The molecule has 1 aromatic carbocycles. The Labute approximate surface area is 152 Å². The normalized spacial score (nSPS) is 25.6. The maximum absolute atomic E-state index is 13.1. The third-order valence-electron chi connectivity index (χ3n) is 5.10. The first kappa shape index (κ1) is 17.1. The van der Waals surface area contributed by atoms with Crippen LogP contribution in [0.3, 0.4) is 0 Å². The molecule has 1 fully saturated rings. The van der Waals surface area contributed by atoms with E-state index in [-0.39, 0.29) is 0 Å². The first-order chi connectivity index (χ1) is 12.1. The van der Waals surface area contributed by atoms with Crippen molar-refractivity contribution in [2.75, 3.05) is 33.4 Å². The van der Waals surface area contributed by atoms with Gasteiger partial charge >= 0.3 is 0 Å². The summed E-state index contributed by atoms with van der Waals surface area (Å²) in [5.41, 5.74) is 0.429. The Morgan fingerprint density at radius 3 is 2.96 bits per heavy atom. The molecular weight excluding hydrogens is 358 g/mol. The fraction of sp³-hybridized carbons (Fsp3) is 0.471. The van der Waals surface area contributed by atoms with Gasteiger partial charge in [-0.15, -0.1) is 11.3 Å². The smallest absolute Gasteiger partial charge is 0.244 e. The lowest BCUT2D eigenvalue weighted by atomic mass is 9.89. The molecule has 0 aliphatic carbocycles. The quantitative estimate of drug-likeness (QED) is 0.794. The molecule has 0 N–H and O–H groups in total. The Hall–Kier alpha value is -1.32. The average Bonchev–Trinajstić information content (AvgIpc) is 3.29. The van der Waals surface area contributed by atoms with Gasteiger partial charge in [0.25, 0.3) is 0 Å². The summed E-state index contributed by atoms with van der Waals surface area (Å²) in [5.74, 6) is 0. The van der Waals surface area contributed by atoms with Gasteiger partial charge in [0.2, 0.25) is 10.0 Å². The minimum Gasteiger partial charge on any atom is -0.383 e. The van der Waals surface area contributed by atoms with E-state index < -0.39 is 15.6 Å². The highest BCUT2D eigenvalue weighted by atomic mass is 32.2. The lowest BCUT2D eigenvalue weighted by Crippen LogP contribution is -2.47. The van der Waals surface area contributed by atoms with Crippen LogP contribution < -0.4 is 0 Å². The van der Waals surface area contributed by atoms with Gasteiger partial charge in [-0.25, -0.2) is 13.4 Å². The molecule has 2 aliphatic rings. The molecule has 25 heavy (non-hydrogen) atoms. The molecule has 0 radical (unpaired) electrons. The second-order valence-electron chi connectivity index (χ2n) is 6.48. The molecule has 0 saturated carbocycles. The van der Waals surface area contributed by atoms with Crippen LogP contribution in [0.1, 0.15) is 17.0 Å². The Morgan fingerprint density at radius 2 is 2.20 bits per heavy atom. The van der Waals surface area contributed by atoms with Gasteiger partial charge in [0.05, 0.1) is 23.6 Å². The molecule has 134 valence electrons. The largest absolute Gasteiger partial charge is 0.383 e. The van der Waals surface area contributed by atoms with Crippen LogP contribution in [-0.4, -0.2) is 56.0 Å². The van der Waals surface area contributed by atoms with Crippen molar-refractivity contribution in [3.63, 3.8) is 0 Å². The van der Waals surface area contributed by atoms with Gasteiger partial charge in [0.15, 0.2) is 0 Å². The molecule has 6 nitrogen and oxygen atoms in total. The van der Waals surface area contributed by atoms with Crippen molar-refractivity contribution >= 4 is 21.4 Å². The van der Waals surface area contributed by atoms with Crippen LogP contribution in [0.4, 0.5) is 0 Å². The van der Waals surface area contributed by atoms with Crippen LogP contribution >= 0.6 is 11.3 Å². The summed E-state index contributed by atoms with van der Waals surface area (Å²) in [7, 11) is -1.88. The van der Waals surface area contributed by atoms with Crippen LogP contribution in [-0.2, 0) is 26.8 Å². The van der Waals surface area contributed by atoms with Gasteiger partial charge in [-0.3, -0.25) is 4.90 Å². The van der Waals surface area contributed by atoms with Crippen LogP contribution in [0, 0.1) is 0 Å². The van der Waals surface area contributed by atoms with E-state index in [0.29, 0.717) is 24.6 Å². The Kier molecular flexibility index (Phi) is 4.41. The zero-order valence-corrected chi connectivity index (χ0v) is 15.7.